The van der Waals surface area contributed by atoms with Gasteiger partial charge < -0.3 is 15.4 Å². The third-order valence-electron chi connectivity index (χ3n) is 8.94. The maximum atomic E-state index is 13.8. The minimum atomic E-state index is -4.53. The van der Waals surface area contributed by atoms with Gasteiger partial charge in [0, 0.05) is 33.7 Å². The summed E-state index contributed by atoms with van der Waals surface area (Å²) in [4.78, 5) is 18.6. The van der Waals surface area contributed by atoms with Crippen LogP contribution in [0.5, 0.6) is 0 Å². The van der Waals surface area contributed by atoms with Gasteiger partial charge in [-0.05, 0) is 97.6 Å². The zero-order valence-electron chi connectivity index (χ0n) is 20.0. The molecular weight excluding hydrogens is 479 g/mol. The topological polar surface area (TPSA) is 78.0 Å². The second-order valence-electron chi connectivity index (χ2n) is 11.4. The number of aromatic amines is 1. The normalized spacial score (nSPS) is 26.7. The summed E-state index contributed by atoms with van der Waals surface area (Å²) in [5, 5.41) is 13.9. The highest BCUT2D eigenvalue weighted by Gasteiger charge is 2.51. The van der Waals surface area contributed by atoms with Gasteiger partial charge in [-0.2, -0.15) is 13.2 Å². The van der Waals surface area contributed by atoms with Crippen LogP contribution in [0.2, 0.25) is 0 Å². The van der Waals surface area contributed by atoms with Gasteiger partial charge in [0.05, 0.1) is 23.0 Å². The fraction of sp³-hybridized carbons (Fsp3) is 0.379. The standard InChI is InChI=1S/C29H26F3N3O2/c30-29(31,32)20-8-24(34-21-6-18(27(36)37)13-33-14-21)26-22-7-19(1-2-23(22)35-25(26)9-20)28-10-15-3-16(11-28)5-17(4-15)12-28/h1-2,6-9,13-17,34-35H,3-5,10-12H2,(H,36,37). The molecule has 8 rings (SSSR count). The lowest BCUT2D eigenvalue weighted by atomic mass is 9.48. The number of rotatable bonds is 4. The molecule has 0 atom stereocenters. The fourth-order valence-electron chi connectivity index (χ4n) is 7.87. The van der Waals surface area contributed by atoms with Gasteiger partial charge in [-0.15, -0.1) is 0 Å². The van der Waals surface area contributed by atoms with E-state index < -0.39 is 17.7 Å². The molecule has 0 spiro atoms. The number of nitrogens with zero attached hydrogens (tertiary/aromatic N) is 1. The number of carbonyl (C=O) groups is 1. The van der Waals surface area contributed by atoms with Gasteiger partial charge in [0.2, 0.25) is 0 Å². The zero-order chi connectivity index (χ0) is 25.5. The summed E-state index contributed by atoms with van der Waals surface area (Å²) < 4.78 is 41.4. The molecule has 0 unspecified atom stereocenters. The number of benzene rings is 2. The van der Waals surface area contributed by atoms with Crippen LogP contribution < -0.4 is 5.32 Å². The number of halogens is 3. The Morgan fingerprint density at radius 3 is 2.32 bits per heavy atom. The van der Waals surface area contributed by atoms with Crippen LogP contribution in [-0.4, -0.2) is 21.0 Å². The number of H-pyrrole nitrogens is 1. The summed E-state index contributed by atoms with van der Waals surface area (Å²) in [5.41, 5.74) is 2.37. The highest BCUT2D eigenvalue weighted by molar-refractivity contribution is 6.14. The maximum Gasteiger partial charge on any atom is 0.416 e. The molecule has 0 amide bonds. The molecule has 0 aliphatic heterocycles. The van der Waals surface area contributed by atoms with Crippen LogP contribution in [0.25, 0.3) is 21.8 Å². The molecule has 4 saturated carbocycles. The zero-order valence-corrected chi connectivity index (χ0v) is 20.0. The van der Waals surface area contributed by atoms with Crippen molar-refractivity contribution in [2.75, 3.05) is 5.32 Å². The minimum Gasteiger partial charge on any atom is -0.478 e. The number of fused-ring (bicyclic) bond motifs is 3. The lowest BCUT2D eigenvalue weighted by Crippen LogP contribution is -2.48. The molecule has 4 aliphatic carbocycles. The molecule has 4 bridgehead atoms. The smallest absolute Gasteiger partial charge is 0.416 e. The second kappa shape index (κ2) is 7.73. The Morgan fingerprint density at radius 1 is 0.973 bits per heavy atom. The van der Waals surface area contributed by atoms with Gasteiger partial charge in [0.25, 0.3) is 0 Å². The summed E-state index contributed by atoms with van der Waals surface area (Å²) in [6.07, 6.45) is 5.70. The first-order valence-electron chi connectivity index (χ1n) is 12.8. The van der Waals surface area contributed by atoms with Crippen molar-refractivity contribution in [1.82, 2.24) is 9.97 Å². The van der Waals surface area contributed by atoms with Gasteiger partial charge in [-0.25, -0.2) is 4.79 Å². The molecule has 2 heterocycles. The summed E-state index contributed by atoms with van der Waals surface area (Å²) in [6.45, 7) is 0. The number of alkyl halides is 3. The number of carboxylic acid groups (broad SMARTS) is 1. The predicted octanol–water partition coefficient (Wildman–Crippen LogP) is 7.64. The van der Waals surface area contributed by atoms with E-state index in [-0.39, 0.29) is 16.7 Å². The summed E-state index contributed by atoms with van der Waals surface area (Å²) >= 11 is 0. The Bertz CT molecular complexity index is 1540. The number of hydrogen-bond acceptors (Lipinski definition) is 3. The van der Waals surface area contributed by atoms with Crippen molar-refractivity contribution in [3.8, 4) is 0 Å². The molecule has 5 nitrogen and oxygen atoms in total. The van der Waals surface area contributed by atoms with Crippen LogP contribution in [0.4, 0.5) is 24.5 Å². The third-order valence-corrected chi connectivity index (χ3v) is 8.94. The molecule has 4 aromatic rings. The van der Waals surface area contributed by atoms with Gasteiger partial charge in [-0.1, -0.05) is 6.07 Å². The van der Waals surface area contributed by atoms with Crippen LogP contribution in [0.1, 0.15) is 60.0 Å². The maximum absolute atomic E-state index is 13.8. The van der Waals surface area contributed by atoms with E-state index in [0.717, 1.165) is 40.8 Å². The van der Waals surface area contributed by atoms with E-state index in [0.29, 0.717) is 16.6 Å². The number of pyridine rings is 1. The minimum absolute atomic E-state index is 0.0451. The lowest BCUT2D eigenvalue weighted by Gasteiger charge is -2.57. The van der Waals surface area contributed by atoms with E-state index in [9.17, 15) is 23.1 Å². The highest BCUT2D eigenvalue weighted by Crippen LogP contribution is 2.61. The Hall–Kier alpha value is -3.55. The first-order valence-corrected chi connectivity index (χ1v) is 12.8. The van der Waals surface area contributed by atoms with Crippen LogP contribution in [0.15, 0.2) is 48.8 Å². The number of anilines is 2. The first kappa shape index (κ1) is 22.6. The lowest BCUT2D eigenvalue weighted by molar-refractivity contribution is -0.137. The molecule has 0 radical (unpaired) electrons. The largest absolute Gasteiger partial charge is 0.478 e. The quantitative estimate of drug-likeness (QED) is 0.266. The average molecular weight is 506 g/mol. The highest BCUT2D eigenvalue weighted by atomic mass is 19.4. The third kappa shape index (κ3) is 3.68. The van der Waals surface area contributed by atoms with Crippen molar-refractivity contribution >= 4 is 39.1 Å². The van der Waals surface area contributed by atoms with Gasteiger partial charge in [0.1, 0.15) is 0 Å². The van der Waals surface area contributed by atoms with Crippen LogP contribution >= 0.6 is 0 Å². The predicted molar refractivity (Wildman–Crippen MR) is 135 cm³/mol. The summed E-state index contributed by atoms with van der Waals surface area (Å²) in [5.74, 6) is 1.19. The van der Waals surface area contributed by atoms with Crippen molar-refractivity contribution < 1.29 is 23.1 Å². The van der Waals surface area contributed by atoms with E-state index in [2.05, 4.69) is 27.4 Å². The van der Waals surface area contributed by atoms with E-state index in [4.69, 9.17) is 0 Å². The number of hydrogen-bond donors (Lipinski definition) is 3. The van der Waals surface area contributed by atoms with Gasteiger partial charge >= 0.3 is 12.1 Å². The van der Waals surface area contributed by atoms with Crippen molar-refractivity contribution in [3.05, 3.63) is 65.5 Å². The van der Waals surface area contributed by atoms with Gasteiger partial charge in [0.15, 0.2) is 0 Å². The Kier molecular flexibility index (Phi) is 4.73. The molecule has 3 N–H and O–H groups in total. The Morgan fingerprint density at radius 2 is 1.68 bits per heavy atom. The summed E-state index contributed by atoms with van der Waals surface area (Å²) in [7, 11) is 0. The summed E-state index contributed by atoms with van der Waals surface area (Å²) in [6, 6.07) is 9.98. The van der Waals surface area contributed by atoms with Crippen molar-refractivity contribution in [1.29, 1.82) is 0 Å². The number of carboxylic acids is 1. The van der Waals surface area contributed by atoms with Crippen molar-refractivity contribution in [2.24, 2.45) is 17.8 Å². The molecule has 8 heteroatoms. The number of nitrogens with one attached hydrogen (secondary N) is 2. The van der Waals surface area contributed by atoms with E-state index >= 15 is 0 Å². The van der Waals surface area contributed by atoms with Crippen LogP contribution in [0, 0.1) is 17.8 Å². The monoisotopic (exact) mass is 505 g/mol. The van der Waals surface area contributed by atoms with Crippen molar-refractivity contribution in [2.45, 2.75) is 50.1 Å². The van der Waals surface area contributed by atoms with Crippen LogP contribution in [-0.2, 0) is 11.6 Å². The molecule has 0 saturated heterocycles. The van der Waals surface area contributed by atoms with Crippen LogP contribution in [0.3, 0.4) is 0 Å². The fourth-order valence-corrected chi connectivity index (χ4v) is 7.87. The SMILES string of the molecule is O=C(O)c1cncc(Nc2cc(C(F)(F)F)cc3[nH]c4ccc(C56CC7CC(CC(C7)C5)C6)cc4c23)c1. The van der Waals surface area contributed by atoms with Crippen molar-refractivity contribution in [3.63, 3.8) is 0 Å². The molecule has 190 valence electrons. The van der Waals surface area contributed by atoms with E-state index in [1.165, 1.54) is 62.5 Å². The number of aromatic carboxylic acids is 1. The Balaban J connectivity index is 1.40. The van der Waals surface area contributed by atoms with E-state index in [1.54, 1.807) is 0 Å². The van der Waals surface area contributed by atoms with E-state index in [1.807, 2.05) is 6.07 Å². The molecule has 4 aliphatic rings. The Labute approximate surface area is 211 Å². The first-order chi connectivity index (χ1) is 17.7. The average Bonchev–Trinajstić information content (AvgIpc) is 3.21. The molecule has 2 aromatic heterocycles. The number of aromatic nitrogens is 2. The molecule has 2 aromatic carbocycles. The molecular formula is C29H26F3N3O2. The van der Waals surface area contributed by atoms with Gasteiger partial charge in [-0.3, -0.25) is 4.98 Å². The second-order valence-corrected chi connectivity index (χ2v) is 11.4. The molecule has 37 heavy (non-hydrogen) atoms. The molecule has 4 fully saturated rings.